The SMILES string of the molecule is CCCCC(=O)Nc1sc(S(=O)(=O)N2CCC(F)(F)CC2)cc1C(N)=O. The first-order chi connectivity index (χ1) is 12.1. The Morgan fingerprint density at radius 1 is 1.35 bits per heavy atom. The highest BCUT2D eigenvalue weighted by atomic mass is 32.2. The molecule has 1 fully saturated rings. The lowest BCUT2D eigenvalue weighted by molar-refractivity contribution is -0.116. The zero-order chi connectivity index (χ0) is 19.5. The van der Waals surface area contributed by atoms with Crippen molar-refractivity contribution in [1.82, 2.24) is 4.31 Å². The Morgan fingerprint density at radius 3 is 2.50 bits per heavy atom. The van der Waals surface area contributed by atoms with Crippen molar-refractivity contribution in [2.24, 2.45) is 5.73 Å². The Kier molecular flexibility index (Phi) is 6.35. The van der Waals surface area contributed by atoms with Crippen LogP contribution in [0.25, 0.3) is 0 Å². The van der Waals surface area contributed by atoms with Gasteiger partial charge in [-0.3, -0.25) is 9.59 Å². The van der Waals surface area contributed by atoms with Gasteiger partial charge in [-0.1, -0.05) is 13.3 Å². The molecule has 0 aliphatic carbocycles. The Hall–Kier alpha value is -1.59. The fourth-order valence-electron chi connectivity index (χ4n) is 2.48. The van der Waals surface area contributed by atoms with Crippen LogP contribution in [-0.4, -0.2) is 43.5 Å². The molecule has 0 radical (unpaired) electrons. The minimum Gasteiger partial charge on any atom is -0.366 e. The smallest absolute Gasteiger partial charge is 0.252 e. The Balaban J connectivity index is 2.25. The molecule has 0 unspecified atom stereocenters. The third kappa shape index (κ3) is 4.77. The number of alkyl halides is 2. The molecule has 0 saturated carbocycles. The van der Waals surface area contributed by atoms with Crippen LogP contribution in [-0.2, 0) is 14.8 Å². The van der Waals surface area contributed by atoms with E-state index in [4.69, 9.17) is 5.73 Å². The summed E-state index contributed by atoms with van der Waals surface area (Å²) in [5, 5.41) is 2.57. The van der Waals surface area contributed by atoms with Crippen molar-refractivity contribution >= 4 is 38.2 Å². The number of sulfonamides is 1. The van der Waals surface area contributed by atoms with Gasteiger partial charge in [0.25, 0.3) is 21.9 Å². The molecule has 1 aromatic rings. The summed E-state index contributed by atoms with van der Waals surface area (Å²) in [7, 11) is -4.04. The fraction of sp³-hybridized carbons (Fsp3) is 0.600. The summed E-state index contributed by atoms with van der Waals surface area (Å²) in [6, 6.07) is 1.09. The van der Waals surface area contributed by atoms with Crippen LogP contribution in [0.1, 0.15) is 49.4 Å². The van der Waals surface area contributed by atoms with Crippen LogP contribution in [0.3, 0.4) is 0 Å². The van der Waals surface area contributed by atoms with Gasteiger partial charge in [0.1, 0.15) is 9.21 Å². The van der Waals surface area contributed by atoms with Gasteiger partial charge in [-0.15, -0.1) is 11.3 Å². The second-order valence-corrected chi connectivity index (χ2v) is 9.30. The van der Waals surface area contributed by atoms with E-state index in [0.717, 1.165) is 16.8 Å². The van der Waals surface area contributed by atoms with E-state index in [-0.39, 0.29) is 40.2 Å². The van der Waals surface area contributed by atoms with E-state index in [1.165, 1.54) is 0 Å². The van der Waals surface area contributed by atoms with Crippen molar-refractivity contribution in [2.75, 3.05) is 18.4 Å². The first-order valence-electron chi connectivity index (χ1n) is 8.18. The highest BCUT2D eigenvalue weighted by molar-refractivity contribution is 7.91. The number of primary amides is 1. The summed E-state index contributed by atoms with van der Waals surface area (Å²) >= 11 is 0.700. The minimum atomic E-state index is -4.04. The number of hydrogen-bond donors (Lipinski definition) is 2. The van der Waals surface area contributed by atoms with E-state index in [1.807, 2.05) is 6.92 Å². The molecular weight excluding hydrogens is 388 g/mol. The van der Waals surface area contributed by atoms with Crippen LogP contribution < -0.4 is 11.1 Å². The third-order valence-corrected chi connectivity index (χ3v) is 7.43. The van der Waals surface area contributed by atoms with Gasteiger partial charge in [0, 0.05) is 32.4 Å². The van der Waals surface area contributed by atoms with Gasteiger partial charge in [-0.05, 0) is 12.5 Å². The van der Waals surface area contributed by atoms with Gasteiger partial charge in [-0.2, -0.15) is 4.31 Å². The van der Waals surface area contributed by atoms with Crippen molar-refractivity contribution < 1.29 is 26.8 Å². The van der Waals surface area contributed by atoms with Crippen LogP contribution in [0.4, 0.5) is 13.8 Å². The molecular formula is C15H21F2N3O4S2. The van der Waals surface area contributed by atoms with E-state index in [1.54, 1.807) is 0 Å². The van der Waals surface area contributed by atoms with E-state index in [9.17, 15) is 26.8 Å². The number of unbranched alkanes of at least 4 members (excludes halogenated alkanes) is 1. The van der Waals surface area contributed by atoms with Gasteiger partial charge >= 0.3 is 0 Å². The Labute approximate surface area is 154 Å². The van der Waals surface area contributed by atoms with E-state index < -0.39 is 34.7 Å². The summed E-state index contributed by atoms with van der Waals surface area (Å²) in [5.41, 5.74) is 5.16. The zero-order valence-electron chi connectivity index (χ0n) is 14.3. The molecule has 7 nitrogen and oxygen atoms in total. The first-order valence-corrected chi connectivity index (χ1v) is 10.4. The van der Waals surface area contributed by atoms with Gasteiger partial charge < -0.3 is 11.1 Å². The van der Waals surface area contributed by atoms with Crippen molar-refractivity contribution in [1.29, 1.82) is 0 Å². The molecule has 11 heteroatoms. The lowest BCUT2D eigenvalue weighted by atomic mass is 10.1. The third-order valence-electron chi connectivity index (χ3n) is 4.03. The number of thiophene rings is 1. The maximum Gasteiger partial charge on any atom is 0.252 e. The fourth-order valence-corrected chi connectivity index (χ4v) is 5.46. The van der Waals surface area contributed by atoms with Gasteiger partial charge in [0.05, 0.1) is 5.56 Å². The number of amides is 2. The number of nitrogens with zero attached hydrogens (tertiary/aromatic N) is 1. The molecule has 1 saturated heterocycles. The number of hydrogen-bond acceptors (Lipinski definition) is 5. The van der Waals surface area contributed by atoms with Crippen LogP contribution in [0.5, 0.6) is 0 Å². The van der Waals surface area contributed by atoms with E-state index in [0.29, 0.717) is 17.8 Å². The zero-order valence-corrected chi connectivity index (χ0v) is 15.9. The number of anilines is 1. The summed E-state index contributed by atoms with van der Waals surface area (Å²) in [4.78, 5) is 23.5. The number of carbonyl (C=O) groups excluding carboxylic acids is 2. The number of piperidine rings is 1. The monoisotopic (exact) mass is 409 g/mol. The number of halogens is 2. The van der Waals surface area contributed by atoms with Gasteiger partial charge in [0.15, 0.2) is 0 Å². The molecule has 146 valence electrons. The van der Waals surface area contributed by atoms with Crippen molar-refractivity contribution in [2.45, 2.75) is 49.2 Å². The molecule has 0 spiro atoms. The number of nitrogens with one attached hydrogen (secondary N) is 1. The number of nitrogens with two attached hydrogens (primary N) is 1. The van der Waals surface area contributed by atoms with Crippen molar-refractivity contribution in [3.8, 4) is 0 Å². The predicted octanol–water partition coefficient (Wildman–Crippen LogP) is 2.40. The van der Waals surface area contributed by atoms with Crippen LogP contribution in [0, 0.1) is 0 Å². The van der Waals surface area contributed by atoms with Crippen LogP contribution in [0.15, 0.2) is 10.3 Å². The second kappa shape index (κ2) is 7.97. The van der Waals surface area contributed by atoms with Crippen LogP contribution >= 0.6 is 11.3 Å². The molecule has 2 rings (SSSR count). The van der Waals surface area contributed by atoms with E-state index >= 15 is 0 Å². The highest BCUT2D eigenvalue weighted by Gasteiger charge is 2.39. The Bertz CT molecular complexity index is 783. The Morgan fingerprint density at radius 2 is 1.96 bits per heavy atom. The second-order valence-electron chi connectivity index (χ2n) is 6.08. The molecule has 3 N–H and O–H groups in total. The molecule has 0 aromatic carbocycles. The van der Waals surface area contributed by atoms with Crippen molar-refractivity contribution in [3.63, 3.8) is 0 Å². The molecule has 26 heavy (non-hydrogen) atoms. The molecule has 1 aliphatic rings. The largest absolute Gasteiger partial charge is 0.366 e. The lowest BCUT2D eigenvalue weighted by Gasteiger charge is -2.30. The van der Waals surface area contributed by atoms with Crippen molar-refractivity contribution in [3.05, 3.63) is 11.6 Å². The molecule has 2 heterocycles. The normalized spacial score (nSPS) is 17.8. The lowest BCUT2D eigenvalue weighted by Crippen LogP contribution is -2.42. The number of rotatable bonds is 7. The molecule has 1 aliphatic heterocycles. The molecule has 1 aromatic heterocycles. The van der Waals surface area contributed by atoms with Gasteiger partial charge in [0.2, 0.25) is 5.91 Å². The maximum absolute atomic E-state index is 13.3. The molecule has 0 bridgehead atoms. The number of carbonyl (C=O) groups is 2. The summed E-state index contributed by atoms with van der Waals surface area (Å²) in [5.74, 6) is -4.10. The first kappa shape index (κ1) is 20.7. The summed E-state index contributed by atoms with van der Waals surface area (Å²) < 4.78 is 52.6. The van der Waals surface area contributed by atoms with E-state index in [2.05, 4.69) is 5.32 Å². The van der Waals surface area contributed by atoms with Crippen LogP contribution in [0.2, 0.25) is 0 Å². The quantitative estimate of drug-likeness (QED) is 0.720. The average Bonchev–Trinajstić information content (AvgIpc) is 2.97. The highest BCUT2D eigenvalue weighted by Crippen LogP contribution is 2.36. The minimum absolute atomic E-state index is 0.0551. The topological polar surface area (TPSA) is 110 Å². The standard InChI is InChI=1S/C15H21F2N3O4S2/c1-2-3-4-11(21)19-14-10(13(18)22)9-12(25-14)26(23,24)20-7-5-15(16,17)6-8-20/h9H,2-8H2,1H3,(H2,18,22)(H,19,21). The molecule has 0 atom stereocenters. The summed E-state index contributed by atoms with van der Waals surface area (Å²) in [6.45, 7) is 1.30. The maximum atomic E-state index is 13.3. The molecule has 2 amide bonds. The van der Waals surface area contributed by atoms with Gasteiger partial charge in [-0.25, -0.2) is 17.2 Å². The average molecular weight is 409 g/mol. The predicted molar refractivity (Wildman–Crippen MR) is 93.9 cm³/mol. The summed E-state index contributed by atoms with van der Waals surface area (Å²) in [6.07, 6.45) is 0.577.